The number of fused-ring (bicyclic) bond motifs is 1. The second-order valence-corrected chi connectivity index (χ2v) is 12.9. The molecular formula is C24H33FN2O4S. The molecule has 2 aliphatic heterocycles. The van der Waals surface area contributed by atoms with Crippen molar-refractivity contribution in [1.82, 2.24) is 9.88 Å². The Hall–Kier alpha value is -1.64. The third-order valence-corrected chi connectivity index (χ3v) is 8.54. The summed E-state index contributed by atoms with van der Waals surface area (Å²) in [6, 6.07) is 3.58. The topological polar surface area (TPSA) is 82.6 Å². The molecule has 2 aromatic rings. The first kappa shape index (κ1) is 22.2. The fourth-order valence-electron chi connectivity index (χ4n) is 7.49. The van der Waals surface area contributed by atoms with Crippen molar-refractivity contribution in [3.63, 3.8) is 0 Å². The lowest BCUT2D eigenvalue weighted by molar-refractivity contribution is -0.191. The van der Waals surface area contributed by atoms with Crippen molar-refractivity contribution in [3.8, 4) is 5.75 Å². The van der Waals surface area contributed by atoms with Crippen LogP contribution in [0, 0.1) is 16.6 Å². The Kier molecular flexibility index (Phi) is 4.97. The van der Waals surface area contributed by atoms with Gasteiger partial charge in [0.05, 0.1) is 6.26 Å². The van der Waals surface area contributed by atoms with Crippen LogP contribution in [-0.4, -0.2) is 48.0 Å². The van der Waals surface area contributed by atoms with Gasteiger partial charge in [0.2, 0.25) is 0 Å². The fourth-order valence-corrected chi connectivity index (χ4v) is 7.96. The van der Waals surface area contributed by atoms with Crippen LogP contribution in [0.4, 0.5) is 4.39 Å². The zero-order valence-electron chi connectivity index (χ0n) is 19.2. The number of hydrogen-bond donors (Lipinski definition) is 2. The van der Waals surface area contributed by atoms with Gasteiger partial charge in [-0.2, -0.15) is 8.42 Å². The van der Waals surface area contributed by atoms with E-state index in [1.807, 2.05) is 6.92 Å². The molecule has 3 heterocycles. The van der Waals surface area contributed by atoms with Crippen LogP contribution in [0.15, 0.2) is 18.3 Å². The number of nitrogens with one attached hydrogen (secondary N) is 1. The number of nitrogens with zero attached hydrogens (tertiary/aromatic N) is 1. The van der Waals surface area contributed by atoms with Gasteiger partial charge < -0.3 is 14.3 Å². The van der Waals surface area contributed by atoms with E-state index in [0.29, 0.717) is 40.2 Å². The van der Waals surface area contributed by atoms with Gasteiger partial charge in [-0.3, -0.25) is 4.90 Å². The molecule has 2 saturated heterocycles. The molecule has 32 heavy (non-hydrogen) atoms. The van der Waals surface area contributed by atoms with Crippen molar-refractivity contribution < 1.29 is 22.1 Å². The summed E-state index contributed by atoms with van der Waals surface area (Å²) in [5, 5.41) is 11.7. The molecular weight excluding hydrogens is 431 g/mol. The molecule has 4 bridgehead atoms. The molecule has 2 saturated carbocycles. The number of H-pyrrole nitrogens is 1. The average molecular weight is 465 g/mol. The highest BCUT2D eigenvalue weighted by molar-refractivity contribution is 7.86. The third-order valence-electron chi connectivity index (χ3n) is 8.07. The Labute approximate surface area is 189 Å². The first-order valence-corrected chi connectivity index (χ1v) is 13.3. The van der Waals surface area contributed by atoms with Crippen LogP contribution in [0.25, 0.3) is 10.9 Å². The van der Waals surface area contributed by atoms with E-state index in [2.05, 4.69) is 23.7 Å². The summed E-state index contributed by atoms with van der Waals surface area (Å²) in [6.45, 7) is 6.79. The van der Waals surface area contributed by atoms with Crippen LogP contribution in [-0.2, 0) is 10.1 Å². The molecule has 176 valence electrons. The predicted molar refractivity (Wildman–Crippen MR) is 121 cm³/mol. The lowest BCUT2D eigenvalue weighted by Crippen LogP contribution is -2.66. The second kappa shape index (κ2) is 7.18. The smallest absolute Gasteiger partial charge is 0.306 e. The lowest BCUT2D eigenvalue weighted by Gasteiger charge is -2.65. The maximum Gasteiger partial charge on any atom is 0.306 e. The van der Waals surface area contributed by atoms with E-state index in [1.54, 1.807) is 12.3 Å². The summed E-state index contributed by atoms with van der Waals surface area (Å²) in [6.07, 6.45) is 8.40. The number of benzene rings is 1. The molecule has 2 unspecified atom stereocenters. The Balaban J connectivity index is 1.41. The van der Waals surface area contributed by atoms with Crippen LogP contribution in [0.2, 0.25) is 0 Å². The zero-order valence-corrected chi connectivity index (χ0v) is 20.0. The molecule has 1 aromatic carbocycles. The molecule has 4 fully saturated rings. The number of aliphatic hydroxyl groups excluding tert-OH is 1. The first-order valence-electron chi connectivity index (χ1n) is 11.5. The maximum absolute atomic E-state index is 14.5. The second-order valence-electron chi connectivity index (χ2n) is 11.3. The largest absolute Gasteiger partial charge is 0.379 e. The molecule has 6 rings (SSSR count). The molecule has 1 aromatic heterocycles. The van der Waals surface area contributed by atoms with E-state index < -0.39 is 22.2 Å². The number of rotatable bonds is 6. The Morgan fingerprint density at radius 1 is 1.22 bits per heavy atom. The van der Waals surface area contributed by atoms with Crippen LogP contribution < -0.4 is 4.18 Å². The van der Waals surface area contributed by atoms with Crippen LogP contribution in [0.5, 0.6) is 5.75 Å². The minimum Gasteiger partial charge on any atom is -0.379 e. The van der Waals surface area contributed by atoms with Gasteiger partial charge in [-0.25, -0.2) is 4.39 Å². The van der Waals surface area contributed by atoms with Gasteiger partial charge in [-0.15, -0.1) is 0 Å². The van der Waals surface area contributed by atoms with E-state index in [1.165, 1.54) is 12.5 Å². The lowest BCUT2D eigenvalue weighted by atomic mass is 9.50. The fraction of sp³-hybridized carbons (Fsp3) is 0.667. The SMILES string of the molecule is CC(CC(O)N1C2CC3(C)CC1CC(C)(C2)C3)c1c[nH]c2ccc(F)c(OS(C)(=O)=O)c12. The minimum absolute atomic E-state index is 0.120. The Morgan fingerprint density at radius 2 is 1.81 bits per heavy atom. The quantitative estimate of drug-likeness (QED) is 0.615. The number of aromatic nitrogens is 1. The number of hydrogen-bond acceptors (Lipinski definition) is 5. The Morgan fingerprint density at radius 3 is 2.38 bits per heavy atom. The van der Waals surface area contributed by atoms with E-state index in [0.717, 1.165) is 37.5 Å². The normalized spacial score (nSPS) is 34.2. The highest BCUT2D eigenvalue weighted by atomic mass is 32.2. The van der Waals surface area contributed by atoms with E-state index >= 15 is 0 Å². The molecule has 0 radical (unpaired) electrons. The van der Waals surface area contributed by atoms with Crippen molar-refractivity contribution in [2.45, 2.75) is 83.5 Å². The number of piperidine rings is 2. The maximum atomic E-state index is 14.5. The summed E-state index contributed by atoms with van der Waals surface area (Å²) in [4.78, 5) is 5.44. The first-order chi connectivity index (χ1) is 14.9. The number of aromatic amines is 1. The van der Waals surface area contributed by atoms with Gasteiger partial charge >= 0.3 is 10.1 Å². The summed E-state index contributed by atoms with van der Waals surface area (Å²) in [7, 11) is -3.89. The molecule has 2 N–H and O–H groups in total. The summed E-state index contributed by atoms with van der Waals surface area (Å²) < 4.78 is 43.0. The van der Waals surface area contributed by atoms with E-state index in [-0.39, 0.29) is 11.7 Å². The molecule has 2 atom stereocenters. The standard InChI is InChI=1S/C24H33FN2O4S/c1-14(17-12-26-19-6-5-18(25)22(21(17)19)31-32(4,29)30)7-20(28)27-15-8-23(2)9-16(27)11-24(3,10-15)13-23/h5-6,12,14-16,20,26,28H,7-11,13H2,1-4H3. The highest BCUT2D eigenvalue weighted by Crippen LogP contribution is 2.61. The van der Waals surface area contributed by atoms with Gasteiger partial charge in [0.25, 0.3) is 0 Å². The van der Waals surface area contributed by atoms with Crippen molar-refractivity contribution in [2.75, 3.05) is 6.26 Å². The molecule has 8 heteroatoms. The van der Waals surface area contributed by atoms with Gasteiger partial charge in [0, 0.05) is 29.2 Å². The van der Waals surface area contributed by atoms with Gasteiger partial charge in [-0.1, -0.05) is 20.8 Å². The van der Waals surface area contributed by atoms with Crippen molar-refractivity contribution in [3.05, 3.63) is 29.7 Å². The average Bonchev–Trinajstić information content (AvgIpc) is 3.05. The van der Waals surface area contributed by atoms with Crippen molar-refractivity contribution in [1.29, 1.82) is 0 Å². The summed E-state index contributed by atoms with van der Waals surface area (Å²) in [5.41, 5.74) is 2.13. The van der Waals surface area contributed by atoms with Crippen molar-refractivity contribution in [2.24, 2.45) is 10.8 Å². The Bertz CT molecular complexity index is 1120. The van der Waals surface area contributed by atoms with Crippen LogP contribution in [0.1, 0.15) is 70.8 Å². The monoisotopic (exact) mass is 464 g/mol. The van der Waals surface area contributed by atoms with Crippen LogP contribution >= 0.6 is 0 Å². The highest BCUT2D eigenvalue weighted by Gasteiger charge is 2.58. The molecule has 6 nitrogen and oxygen atoms in total. The van der Waals surface area contributed by atoms with Crippen molar-refractivity contribution >= 4 is 21.0 Å². The van der Waals surface area contributed by atoms with E-state index in [4.69, 9.17) is 4.18 Å². The van der Waals surface area contributed by atoms with Gasteiger partial charge in [-0.05, 0) is 73.0 Å². The molecule has 4 aliphatic rings. The molecule has 2 aliphatic carbocycles. The molecule has 0 amide bonds. The van der Waals surface area contributed by atoms with Gasteiger partial charge in [0.15, 0.2) is 11.6 Å². The van der Waals surface area contributed by atoms with Gasteiger partial charge in [0.1, 0.15) is 6.23 Å². The van der Waals surface area contributed by atoms with E-state index in [9.17, 15) is 17.9 Å². The number of halogens is 1. The minimum atomic E-state index is -3.89. The third kappa shape index (κ3) is 3.74. The zero-order chi connectivity index (χ0) is 23.1. The summed E-state index contributed by atoms with van der Waals surface area (Å²) in [5.74, 6) is -1.12. The van der Waals surface area contributed by atoms with Crippen LogP contribution in [0.3, 0.4) is 0 Å². The number of aliphatic hydroxyl groups is 1. The molecule has 0 spiro atoms. The summed E-state index contributed by atoms with van der Waals surface area (Å²) >= 11 is 0. The predicted octanol–water partition coefficient (Wildman–Crippen LogP) is 4.50.